The summed E-state index contributed by atoms with van der Waals surface area (Å²) in [4.78, 5) is -0.554. The molecule has 0 radical (unpaired) electrons. The van der Waals surface area contributed by atoms with E-state index in [1.165, 1.54) is 0 Å². The van der Waals surface area contributed by atoms with Crippen molar-refractivity contribution in [1.29, 1.82) is 0 Å². The lowest BCUT2D eigenvalue weighted by atomic mass is 10.9. The van der Waals surface area contributed by atoms with Gasteiger partial charge in [-0.1, -0.05) is 0 Å². The van der Waals surface area contributed by atoms with Gasteiger partial charge < -0.3 is 4.52 Å². The zero-order chi connectivity index (χ0) is 5.70. The lowest BCUT2D eigenvalue weighted by molar-refractivity contribution is 0.360. The molecule has 0 N–H and O–H groups in total. The van der Waals surface area contributed by atoms with E-state index in [0.717, 1.165) is 0 Å². The zero-order valence-corrected chi connectivity index (χ0v) is 6.10. The Morgan fingerprint density at radius 1 is 1.71 bits per heavy atom. The molecule has 0 saturated carbocycles. The van der Waals surface area contributed by atoms with Gasteiger partial charge >= 0.3 is 0 Å². The van der Waals surface area contributed by atoms with Crippen molar-refractivity contribution in [3.8, 4) is 0 Å². The highest BCUT2D eigenvalue weighted by atomic mass is 35.5. The fourth-order valence-electron chi connectivity index (χ4n) is 0.112. The summed E-state index contributed by atoms with van der Waals surface area (Å²) in [6, 6.07) is 0. The average molecular weight is 163 g/mol. The molecule has 0 aliphatic carbocycles. The van der Waals surface area contributed by atoms with Crippen LogP contribution in [-0.2, 0) is 9.09 Å². The largest absolute Gasteiger partial charge is 0.330 e. The van der Waals surface area contributed by atoms with E-state index in [4.69, 9.17) is 23.2 Å². The third kappa shape index (κ3) is 6.77. The van der Waals surface area contributed by atoms with Crippen LogP contribution in [0.15, 0.2) is 0 Å². The molecule has 7 heavy (non-hydrogen) atoms. The lowest BCUT2D eigenvalue weighted by Crippen LogP contribution is -1.93. The Morgan fingerprint density at radius 3 is 2.43 bits per heavy atom. The summed E-state index contributed by atoms with van der Waals surface area (Å²) >= 11 is 10.3. The van der Waals surface area contributed by atoms with Crippen LogP contribution in [0.3, 0.4) is 0 Å². The SMILES string of the molecule is O=[PH2]OCC(Cl)Cl. The molecule has 0 heterocycles. The third-order valence-electron chi connectivity index (χ3n) is 0.290. The Bertz CT molecular complexity index is 57.7. The van der Waals surface area contributed by atoms with Gasteiger partial charge in [0.05, 0.1) is 6.61 Å². The minimum atomic E-state index is -1.16. The van der Waals surface area contributed by atoms with Crippen LogP contribution >= 0.6 is 31.9 Å². The molecule has 0 aromatic heterocycles. The molecule has 0 saturated heterocycles. The summed E-state index contributed by atoms with van der Waals surface area (Å²) in [5, 5.41) is 0. The average Bonchev–Trinajstić information content (AvgIpc) is 1.61. The van der Waals surface area contributed by atoms with Crippen LogP contribution < -0.4 is 0 Å². The molecule has 1 atom stereocenters. The maximum atomic E-state index is 9.58. The van der Waals surface area contributed by atoms with Crippen molar-refractivity contribution in [3.05, 3.63) is 0 Å². The molecule has 0 fully saturated rings. The van der Waals surface area contributed by atoms with Gasteiger partial charge in [-0.2, -0.15) is 0 Å². The second-order valence-electron chi connectivity index (χ2n) is 0.821. The molecule has 0 spiro atoms. The molecule has 0 aliphatic rings. The van der Waals surface area contributed by atoms with Gasteiger partial charge in [0.15, 0.2) is 8.69 Å². The summed E-state index contributed by atoms with van der Waals surface area (Å²) in [6.07, 6.45) is 0. The van der Waals surface area contributed by atoms with Gasteiger partial charge in [0.25, 0.3) is 0 Å². The second-order valence-corrected chi connectivity index (χ2v) is 2.62. The van der Waals surface area contributed by atoms with Crippen LogP contribution in [0.1, 0.15) is 0 Å². The second kappa shape index (κ2) is 4.92. The van der Waals surface area contributed by atoms with Gasteiger partial charge in [-0.05, 0) is 0 Å². The first-order valence-electron chi connectivity index (χ1n) is 1.60. The van der Waals surface area contributed by atoms with Crippen LogP contribution in [0.25, 0.3) is 0 Å². The molecule has 0 rings (SSSR count). The summed E-state index contributed by atoms with van der Waals surface area (Å²) in [5.74, 6) is 0. The zero-order valence-electron chi connectivity index (χ0n) is 3.43. The molecule has 0 bridgehead atoms. The van der Waals surface area contributed by atoms with E-state index in [-0.39, 0.29) is 6.61 Å². The van der Waals surface area contributed by atoms with Crippen molar-refractivity contribution >= 4 is 31.9 Å². The predicted octanol–water partition coefficient (Wildman–Crippen LogP) is 1.48. The first-order chi connectivity index (χ1) is 3.27. The van der Waals surface area contributed by atoms with E-state index < -0.39 is 13.5 Å². The molecule has 0 aromatic carbocycles. The standard InChI is InChI=1S/C2H5Cl2O2P/c3-2(4)1-6-7-5/h2H,1,7H2. The van der Waals surface area contributed by atoms with Crippen molar-refractivity contribution in [3.63, 3.8) is 0 Å². The molecule has 1 unspecified atom stereocenters. The lowest BCUT2D eigenvalue weighted by Gasteiger charge is -1.92. The van der Waals surface area contributed by atoms with Crippen molar-refractivity contribution in [1.82, 2.24) is 0 Å². The Labute approximate surface area is 53.0 Å². The number of rotatable bonds is 3. The molecule has 0 aliphatic heterocycles. The molecule has 0 aromatic rings. The fourth-order valence-corrected chi connectivity index (χ4v) is 0.773. The van der Waals surface area contributed by atoms with E-state index in [1.807, 2.05) is 0 Å². The summed E-state index contributed by atoms with van der Waals surface area (Å²) < 4.78 is 13.9. The molecule has 5 heteroatoms. The Kier molecular flexibility index (Phi) is 5.46. The molecule has 0 amide bonds. The highest BCUT2D eigenvalue weighted by molar-refractivity contribution is 7.17. The normalized spacial score (nSPS) is 11.9. The smallest absolute Gasteiger partial charge is 0.180 e. The van der Waals surface area contributed by atoms with E-state index >= 15 is 0 Å². The number of alkyl halides is 2. The van der Waals surface area contributed by atoms with Gasteiger partial charge in [0, 0.05) is 0 Å². The summed E-state index contributed by atoms with van der Waals surface area (Å²) in [5.41, 5.74) is 0. The Balaban J connectivity index is 2.81. The van der Waals surface area contributed by atoms with E-state index in [1.54, 1.807) is 0 Å². The van der Waals surface area contributed by atoms with Gasteiger partial charge in [-0.15, -0.1) is 23.2 Å². The monoisotopic (exact) mass is 162 g/mol. The first-order valence-corrected chi connectivity index (χ1v) is 3.42. The van der Waals surface area contributed by atoms with E-state index in [9.17, 15) is 4.57 Å². The van der Waals surface area contributed by atoms with Crippen molar-refractivity contribution in [2.24, 2.45) is 0 Å². The highest BCUT2D eigenvalue weighted by Gasteiger charge is 1.93. The quantitative estimate of drug-likeness (QED) is 0.465. The molecular weight excluding hydrogens is 158 g/mol. The number of halogens is 2. The topological polar surface area (TPSA) is 26.3 Å². The van der Waals surface area contributed by atoms with Gasteiger partial charge in [0.2, 0.25) is 0 Å². The number of hydrogen-bond acceptors (Lipinski definition) is 2. The maximum Gasteiger partial charge on any atom is 0.180 e. The van der Waals surface area contributed by atoms with Gasteiger partial charge in [-0.3, -0.25) is 4.57 Å². The minimum absolute atomic E-state index is 0.155. The molecule has 44 valence electrons. The van der Waals surface area contributed by atoms with Crippen LogP contribution in [0.5, 0.6) is 0 Å². The van der Waals surface area contributed by atoms with Crippen molar-refractivity contribution < 1.29 is 9.09 Å². The van der Waals surface area contributed by atoms with Crippen LogP contribution in [-0.4, -0.2) is 11.4 Å². The highest BCUT2D eigenvalue weighted by Crippen LogP contribution is 2.05. The van der Waals surface area contributed by atoms with E-state index in [2.05, 4.69) is 4.52 Å². The van der Waals surface area contributed by atoms with Crippen molar-refractivity contribution in [2.45, 2.75) is 4.84 Å². The third-order valence-corrected chi connectivity index (χ3v) is 0.871. The predicted molar refractivity (Wildman–Crippen MR) is 31.8 cm³/mol. The molecule has 2 nitrogen and oxygen atoms in total. The summed E-state index contributed by atoms with van der Waals surface area (Å²) in [7, 11) is -1.16. The number of hydrogen-bond donors (Lipinski definition) is 0. The van der Waals surface area contributed by atoms with Crippen LogP contribution in [0.2, 0.25) is 0 Å². The van der Waals surface area contributed by atoms with Crippen molar-refractivity contribution in [2.75, 3.05) is 6.61 Å². The Morgan fingerprint density at radius 2 is 2.29 bits per heavy atom. The Hall–Kier alpha value is 0.770. The van der Waals surface area contributed by atoms with Gasteiger partial charge in [-0.25, -0.2) is 0 Å². The summed E-state index contributed by atoms with van der Waals surface area (Å²) in [6.45, 7) is 0.155. The first kappa shape index (κ1) is 7.77. The van der Waals surface area contributed by atoms with E-state index in [0.29, 0.717) is 0 Å². The molecular formula is C2H5Cl2O2P. The minimum Gasteiger partial charge on any atom is -0.330 e. The fraction of sp³-hybridized carbons (Fsp3) is 1.00. The van der Waals surface area contributed by atoms with Crippen LogP contribution in [0, 0.1) is 0 Å². The van der Waals surface area contributed by atoms with Gasteiger partial charge in [0.1, 0.15) is 4.84 Å². The maximum absolute atomic E-state index is 9.58. The van der Waals surface area contributed by atoms with Crippen LogP contribution in [0.4, 0.5) is 0 Å².